The molecule has 5 rings (SSSR count). The highest BCUT2D eigenvalue weighted by Crippen LogP contribution is 2.42. The van der Waals surface area contributed by atoms with Crippen LogP contribution in [0.1, 0.15) is 119 Å². The normalized spacial score (nSPS) is 22.1. The van der Waals surface area contributed by atoms with Gasteiger partial charge in [-0.25, -0.2) is 14.6 Å². The average Bonchev–Trinajstić information content (AvgIpc) is 4.10. The smallest absolute Gasteiger partial charge is 0.411 e. The Balaban J connectivity index is 1.16. The summed E-state index contributed by atoms with van der Waals surface area (Å²) in [6.07, 6.45) is 11.8. The Morgan fingerprint density at radius 2 is 1.60 bits per heavy atom. The van der Waals surface area contributed by atoms with E-state index in [0.717, 1.165) is 30.7 Å². The van der Waals surface area contributed by atoms with Crippen LogP contribution in [-0.4, -0.2) is 155 Å². The molecule has 3 aliphatic rings. The average molecular weight is 1120 g/mol. The maximum atomic E-state index is 14.7. The summed E-state index contributed by atoms with van der Waals surface area (Å²) >= 11 is 0. The van der Waals surface area contributed by atoms with E-state index < -0.39 is 59.9 Å². The standard InChI is InChI=1S/C58H87N7O11S2/c1-13-38(6)51(45(73-11)33-48(66)65-32-20-21-43(65)52(74-12)40(8)53(67)60-39(7)34-58(72)29-16-14-17-30-58)63(9)55(69)49(36(2)3)62-54(68)50(37(4)5)64(10)57(71)75-35-41-25-27-42(28-26-41)61-56(70)76-44-22-19-23-46(44)77-78-47-24-15-18-31-59-47/h14-18,24-29,31,36-40,43-46,49-52,72H,13,19-23,30,32-35H2,1-12H3,(H,60,67)(H,61,70)(H,62,68)/t38-,39+,40+,43-,44+,45+,46+,49-,50-,51-,52+,58-/m0/s1. The molecule has 6 amide bonds. The number of nitrogens with zero attached hydrogens (tertiary/aromatic N) is 4. The Bertz CT molecular complexity index is 2340. The fourth-order valence-electron chi connectivity index (χ4n) is 10.9. The predicted molar refractivity (Wildman–Crippen MR) is 305 cm³/mol. The molecule has 78 heavy (non-hydrogen) atoms. The highest BCUT2D eigenvalue weighted by molar-refractivity contribution is 8.76. The molecular formula is C58H87N7O11S2. The lowest BCUT2D eigenvalue weighted by atomic mass is 9.88. The number of likely N-dealkylation sites (tertiary alicyclic amines) is 1. The molecule has 0 bridgehead atoms. The number of anilines is 1. The highest BCUT2D eigenvalue weighted by Gasteiger charge is 2.44. The number of methoxy groups -OCH3 is 2. The Kier molecular flexibility index (Phi) is 24.9. The minimum atomic E-state index is -1.04. The van der Waals surface area contributed by atoms with Gasteiger partial charge in [-0.2, -0.15) is 0 Å². The molecule has 0 radical (unpaired) electrons. The van der Waals surface area contributed by atoms with Crippen LogP contribution < -0.4 is 16.0 Å². The quantitative estimate of drug-likeness (QED) is 0.0615. The van der Waals surface area contributed by atoms with Crippen molar-refractivity contribution in [1.82, 2.24) is 30.3 Å². The summed E-state index contributed by atoms with van der Waals surface area (Å²) in [5.41, 5.74) is 0.132. The van der Waals surface area contributed by atoms with Gasteiger partial charge in [0.15, 0.2) is 0 Å². The van der Waals surface area contributed by atoms with Crippen molar-refractivity contribution >= 4 is 63.1 Å². The third-order valence-corrected chi connectivity index (χ3v) is 18.2. The summed E-state index contributed by atoms with van der Waals surface area (Å²) in [5.74, 6) is -2.78. The van der Waals surface area contributed by atoms with E-state index in [1.165, 1.54) is 19.1 Å². The SMILES string of the molecule is CC[C@H](C)[C@@H]([C@@H](CC(=O)N1CCC[C@H]1[C@H](OC)[C@@H](C)C(=O)N[C@H](C)C[C@]1(O)C=CC=CC1)OC)N(C)C(=O)[C@@H](NC(=O)[C@H](C(C)C)N(C)C(=O)OCc1ccc(NC(=O)O[C@@H]2CCC[C@H]2SSc2ccccn2)cc1)C(C)C. The van der Waals surface area contributed by atoms with Crippen LogP contribution in [0.4, 0.5) is 15.3 Å². The maximum Gasteiger partial charge on any atom is 0.411 e. The van der Waals surface area contributed by atoms with Crippen molar-refractivity contribution in [2.24, 2.45) is 23.7 Å². The highest BCUT2D eigenvalue weighted by atomic mass is 33.1. The first-order valence-electron chi connectivity index (χ1n) is 27.6. The van der Waals surface area contributed by atoms with E-state index in [1.807, 2.05) is 78.8 Å². The van der Waals surface area contributed by atoms with E-state index >= 15 is 0 Å². The van der Waals surface area contributed by atoms with Gasteiger partial charge in [-0.15, -0.1) is 0 Å². The summed E-state index contributed by atoms with van der Waals surface area (Å²) < 4.78 is 23.6. The van der Waals surface area contributed by atoms with E-state index in [1.54, 1.807) is 95.1 Å². The molecule has 2 aromatic rings. The van der Waals surface area contributed by atoms with Crippen molar-refractivity contribution in [1.29, 1.82) is 0 Å². The van der Waals surface area contributed by atoms with Crippen LogP contribution in [-0.2, 0) is 44.7 Å². The van der Waals surface area contributed by atoms with Crippen molar-refractivity contribution < 1.29 is 52.8 Å². The van der Waals surface area contributed by atoms with Gasteiger partial charge in [0.25, 0.3) is 0 Å². The lowest BCUT2D eigenvalue weighted by Crippen LogP contribution is -2.60. The second-order valence-electron chi connectivity index (χ2n) is 22.0. The Morgan fingerprint density at radius 3 is 2.22 bits per heavy atom. The molecule has 2 heterocycles. The molecule has 12 atom stereocenters. The van der Waals surface area contributed by atoms with Gasteiger partial charge in [0.05, 0.1) is 47.5 Å². The molecule has 0 spiro atoms. The number of ether oxygens (including phenoxy) is 4. The van der Waals surface area contributed by atoms with E-state index in [2.05, 4.69) is 20.9 Å². The number of benzene rings is 1. The van der Waals surface area contributed by atoms with Gasteiger partial charge in [0.2, 0.25) is 23.6 Å². The van der Waals surface area contributed by atoms with Gasteiger partial charge in [-0.05, 0) is 110 Å². The molecule has 2 fully saturated rings. The number of pyridine rings is 1. The Hall–Kier alpha value is -5.15. The fourth-order valence-corrected chi connectivity index (χ4v) is 13.6. The minimum absolute atomic E-state index is 0.0425. The fraction of sp³-hybridized carbons (Fsp3) is 0.638. The number of aromatic nitrogens is 1. The second-order valence-corrected chi connectivity index (χ2v) is 24.4. The zero-order valence-electron chi connectivity index (χ0n) is 47.8. The number of rotatable bonds is 27. The van der Waals surface area contributed by atoms with Crippen LogP contribution in [0.25, 0.3) is 0 Å². The maximum absolute atomic E-state index is 14.7. The van der Waals surface area contributed by atoms with Gasteiger partial charge >= 0.3 is 12.2 Å². The summed E-state index contributed by atoms with van der Waals surface area (Å²) in [4.78, 5) is 92.5. The van der Waals surface area contributed by atoms with Gasteiger partial charge < -0.3 is 44.5 Å². The molecule has 1 saturated carbocycles. The van der Waals surface area contributed by atoms with Crippen molar-refractivity contribution in [2.45, 2.75) is 184 Å². The van der Waals surface area contributed by atoms with Crippen LogP contribution in [0.5, 0.6) is 0 Å². The minimum Gasteiger partial charge on any atom is -0.445 e. The Morgan fingerprint density at radius 1 is 0.872 bits per heavy atom. The molecule has 1 saturated heterocycles. The van der Waals surface area contributed by atoms with Crippen molar-refractivity contribution in [3.8, 4) is 0 Å². The number of amides is 6. The first kappa shape index (κ1) is 63.7. The molecule has 432 valence electrons. The number of hydrogen-bond acceptors (Lipinski definition) is 14. The third-order valence-electron chi connectivity index (χ3n) is 15.4. The molecular weight excluding hydrogens is 1030 g/mol. The number of aliphatic hydroxyl groups is 1. The largest absolute Gasteiger partial charge is 0.445 e. The number of hydrogen-bond donors (Lipinski definition) is 4. The van der Waals surface area contributed by atoms with Gasteiger partial charge in [-0.3, -0.25) is 29.4 Å². The molecule has 1 aromatic carbocycles. The number of nitrogens with one attached hydrogen (secondary N) is 3. The molecule has 0 unspecified atom stereocenters. The predicted octanol–water partition coefficient (Wildman–Crippen LogP) is 8.79. The second kappa shape index (κ2) is 30.4. The lowest BCUT2D eigenvalue weighted by molar-refractivity contribution is -0.148. The van der Waals surface area contributed by atoms with Gasteiger partial charge in [0, 0.05) is 52.8 Å². The summed E-state index contributed by atoms with van der Waals surface area (Å²) in [5, 5.41) is 20.9. The topological polar surface area (TPSA) is 218 Å². The molecule has 1 aromatic heterocycles. The molecule has 18 nitrogen and oxygen atoms in total. The summed E-state index contributed by atoms with van der Waals surface area (Å²) in [6.45, 7) is 15.3. The van der Waals surface area contributed by atoms with Crippen LogP contribution in [0, 0.1) is 23.7 Å². The number of carbonyl (C=O) groups excluding carboxylic acids is 6. The van der Waals surface area contributed by atoms with Gasteiger partial charge in [0.1, 0.15) is 29.8 Å². The molecule has 2 aliphatic carbocycles. The zero-order valence-corrected chi connectivity index (χ0v) is 49.5. The van der Waals surface area contributed by atoms with E-state index in [-0.39, 0.29) is 71.9 Å². The van der Waals surface area contributed by atoms with Gasteiger partial charge in [-0.1, -0.05) is 108 Å². The van der Waals surface area contributed by atoms with Crippen molar-refractivity contribution in [3.63, 3.8) is 0 Å². The summed E-state index contributed by atoms with van der Waals surface area (Å²) in [6, 6.07) is 9.36. The first-order chi connectivity index (χ1) is 37.1. The number of likely N-dealkylation sites (N-methyl/N-ethyl adjacent to an activating group) is 2. The molecule has 20 heteroatoms. The third kappa shape index (κ3) is 17.7. The van der Waals surface area contributed by atoms with Crippen LogP contribution >= 0.6 is 21.6 Å². The van der Waals surface area contributed by atoms with E-state index in [4.69, 9.17) is 18.9 Å². The number of carbonyl (C=O) groups is 6. The molecule has 4 N–H and O–H groups in total. The zero-order chi connectivity index (χ0) is 57.3. The van der Waals surface area contributed by atoms with Crippen molar-refractivity contribution in [3.05, 3.63) is 78.5 Å². The van der Waals surface area contributed by atoms with E-state index in [9.17, 15) is 33.9 Å². The van der Waals surface area contributed by atoms with Crippen LogP contribution in [0.2, 0.25) is 0 Å². The summed E-state index contributed by atoms with van der Waals surface area (Å²) in [7, 11) is 9.49. The van der Waals surface area contributed by atoms with E-state index in [0.29, 0.717) is 43.5 Å². The van der Waals surface area contributed by atoms with Crippen molar-refractivity contribution in [2.75, 3.05) is 40.2 Å². The Labute approximate surface area is 470 Å². The lowest BCUT2D eigenvalue weighted by Gasteiger charge is -2.41. The number of allylic oxidation sites excluding steroid dienone is 2. The van der Waals surface area contributed by atoms with Crippen LogP contribution in [0.15, 0.2) is 78.0 Å². The van der Waals surface area contributed by atoms with Crippen LogP contribution in [0.3, 0.4) is 0 Å². The first-order valence-corrected chi connectivity index (χ1v) is 29.8. The monoisotopic (exact) mass is 1120 g/mol. The molecule has 1 aliphatic heterocycles.